The van der Waals surface area contributed by atoms with E-state index in [2.05, 4.69) is 4.98 Å². The second-order valence-electron chi connectivity index (χ2n) is 5.03. The lowest BCUT2D eigenvalue weighted by Gasteiger charge is -2.31. The number of amides is 1. The number of morpholine rings is 1. The highest BCUT2D eigenvalue weighted by atomic mass is 32.1. The first-order valence-electron chi connectivity index (χ1n) is 6.29. The van der Waals surface area contributed by atoms with Crippen LogP contribution < -0.4 is 5.73 Å². The molecule has 3 rings (SSSR count). The molecule has 2 N–H and O–H groups in total. The molecule has 0 aliphatic carbocycles. The van der Waals surface area contributed by atoms with Crippen molar-refractivity contribution in [3.63, 3.8) is 0 Å². The molecule has 1 aromatic rings. The molecule has 3 heterocycles. The minimum atomic E-state index is -0.114. The predicted molar refractivity (Wildman–Crippen MR) is 68.5 cm³/mol. The van der Waals surface area contributed by atoms with E-state index < -0.39 is 0 Å². The smallest absolute Gasteiger partial charge is 0.273 e. The number of rotatable bonds is 2. The fourth-order valence-corrected chi connectivity index (χ4v) is 3.29. The molecule has 5 nitrogen and oxygen atoms in total. The standard InChI is InChI=1S/C12H17N3O2S/c1-7(13)11-14-10(6-18-11)12(16)15-4-8-2-3-9(5-15)17-8/h6-9H,2-5,13H2,1H3. The third-order valence-corrected chi connectivity index (χ3v) is 4.51. The molecule has 1 aromatic heterocycles. The first-order valence-corrected chi connectivity index (χ1v) is 7.17. The topological polar surface area (TPSA) is 68.5 Å². The van der Waals surface area contributed by atoms with Crippen LogP contribution >= 0.6 is 11.3 Å². The van der Waals surface area contributed by atoms with Crippen LogP contribution in [0.15, 0.2) is 5.38 Å². The van der Waals surface area contributed by atoms with Crippen molar-refractivity contribution < 1.29 is 9.53 Å². The highest BCUT2D eigenvalue weighted by Crippen LogP contribution is 2.27. The van der Waals surface area contributed by atoms with Crippen LogP contribution in [0.2, 0.25) is 0 Å². The summed E-state index contributed by atoms with van der Waals surface area (Å²) in [6.45, 7) is 3.27. The van der Waals surface area contributed by atoms with Crippen LogP contribution in [0.4, 0.5) is 0 Å². The van der Waals surface area contributed by atoms with Gasteiger partial charge in [-0.25, -0.2) is 4.98 Å². The molecule has 2 aliphatic heterocycles. The third-order valence-electron chi connectivity index (χ3n) is 3.46. The molecular formula is C12H17N3O2S. The lowest BCUT2D eigenvalue weighted by atomic mass is 10.2. The Kier molecular flexibility index (Phi) is 3.09. The van der Waals surface area contributed by atoms with E-state index in [-0.39, 0.29) is 24.2 Å². The minimum Gasteiger partial charge on any atom is -0.371 e. The molecule has 0 spiro atoms. The van der Waals surface area contributed by atoms with E-state index in [0.29, 0.717) is 18.8 Å². The average molecular weight is 267 g/mol. The summed E-state index contributed by atoms with van der Waals surface area (Å²) in [5.41, 5.74) is 6.28. The van der Waals surface area contributed by atoms with Crippen LogP contribution in [0.25, 0.3) is 0 Å². The average Bonchev–Trinajstić information content (AvgIpc) is 2.95. The van der Waals surface area contributed by atoms with Crippen molar-refractivity contribution in [3.05, 3.63) is 16.1 Å². The SMILES string of the molecule is CC(N)c1nc(C(=O)N2CC3CCC(C2)O3)cs1. The van der Waals surface area contributed by atoms with Crippen molar-refractivity contribution in [2.24, 2.45) is 5.73 Å². The quantitative estimate of drug-likeness (QED) is 0.873. The Hall–Kier alpha value is -0.980. The highest BCUT2D eigenvalue weighted by Gasteiger charge is 2.36. The van der Waals surface area contributed by atoms with Gasteiger partial charge in [-0.2, -0.15) is 0 Å². The summed E-state index contributed by atoms with van der Waals surface area (Å²) in [4.78, 5) is 18.5. The van der Waals surface area contributed by atoms with Gasteiger partial charge in [-0.05, 0) is 19.8 Å². The molecule has 2 fully saturated rings. The fraction of sp³-hybridized carbons (Fsp3) is 0.667. The van der Waals surface area contributed by atoms with E-state index in [1.807, 2.05) is 11.8 Å². The van der Waals surface area contributed by atoms with Gasteiger partial charge in [0.25, 0.3) is 5.91 Å². The number of fused-ring (bicyclic) bond motifs is 2. The zero-order chi connectivity index (χ0) is 12.7. The summed E-state index contributed by atoms with van der Waals surface area (Å²) in [6, 6.07) is -0.114. The van der Waals surface area contributed by atoms with E-state index in [0.717, 1.165) is 17.8 Å². The number of nitrogens with zero attached hydrogens (tertiary/aromatic N) is 2. The van der Waals surface area contributed by atoms with Gasteiger partial charge >= 0.3 is 0 Å². The summed E-state index contributed by atoms with van der Waals surface area (Å²) in [5, 5.41) is 2.62. The normalized spacial score (nSPS) is 28.4. The molecule has 98 valence electrons. The Morgan fingerprint density at radius 2 is 2.22 bits per heavy atom. The van der Waals surface area contributed by atoms with Crippen LogP contribution in [0.5, 0.6) is 0 Å². The Balaban J connectivity index is 1.73. The van der Waals surface area contributed by atoms with Gasteiger partial charge in [-0.3, -0.25) is 4.79 Å². The predicted octanol–water partition coefficient (Wildman–Crippen LogP) is 1.17. The zero-order valence-electron chi connectivity index (χ0n) is 10.3. The molecule has 3 unspecified atom stereocenters. The number of carbonyl (C=O) groups is 1. The summed E-state index contributed by atoms with van der Waals surface area (Å²) < 4.78 is 5.73. The van der Waals surface area contributed by atoms with Crippen molar-refractivity contribution in [2.75, 3.05) is 13.1 Å². The molecule has 18 heavy (non-hydrogen) atoms. The summed E-state index contributed by atoms with van der Waals surface area (Å²) in [5.74, 6) is 0.0124. The third kappa shape index (κ3) is 2.15. The molecule has 3 atom stereocenters. The maximum absolute atomic E-state index is 12.3. The maximum Gasteiger partial charge on any atom is 0.273 e. The first kappa shape index (κ1) is 12.1. The number of thiazole rings is 1. The van der Waals surface area contributed by atoms with Crippen molar-refractivity contribution in [1.29, 1.82) is 0 Å². The summed E-state index contributed by atoms with van der Waals surface area (Å²) in [6.07, 6.45) is 2.58. The molecule has 2 saturated heterocycles. The first-order chi connectivity index (χ1) is 8.63. The molecule has 2 aliphatic rings. The van der Waals surface area contributed by atoms with E-state index in [4.69, 9.17) is 10.5 Å². The lowest BCUT2D eigenvalue weighted by Crippen LogP contribution is -2.45. The molecular weight excluding hydrogens is 250 g/mol. The largest absolute Gasteiger partial charge is 0.371 e. The van der Waals surface area contributed by atoms with Gasteiger partial charge < -0.3 is 15.4 Å². The number of hydrogen-bond donors (Lipinski definition) is 1. The van der Waals surface area contributed by atoms with E-state index in [1.54, 1.807) is 5.38 Å². The Morgan fingerprint density at radius 3 is 2.78 bits per heavy atom. The van der Waals surface area contributed by atoms with Crippen molar-refractivity contribution in [3.8, 4) is 0 Å². The number of likely N-dealkylation sites (tertiary alicyclic amines) is 1. The van der Waals surface area contributed by atoms with E-state index >= 15 is 0 Å². The second kappa shape index (κ2) is 4.60. The van der Waals surface area contributed by atoms with Crippen molar-refractivity contribution in [2.45, 2.75) is 38.0 Å². The molecule has 0 aromatic carbocycles. The van der Waals surface area contributed by atoms with Crippen LogP contribution in [-0.4, -0.2) is 41.1 Å². The van der Waals surface area contributed by atoms with Gasteiger partial charge in [0.2, 0.25) is 0 Å². The van der Waals surface area contributed by atoms with Gasteiger partial charge in [0.15, 0.2) is 0 Å². The fourth-order valence-electron chi connectivity index (χ4n) is 2.54. The minimum absolute atomic E-state index is 0.0124. The highest BCUT2D eigenvalue weighted by molar-refractivity contribution is 7.09. The number of aromatic nitrogens is 1. The zero-order valence-corrected chi connectivity index (χ0v) is 11.2. The van der Waals surface area contributed by atoms with Crippen molar-refractivity contribution >= 4 is 17.2 Å². The van der Waals surface area contributed by atoms with Gasteiger partial charge in [-0.15, -0.1) is 11.3 Å². The van der Waals surface area contributed by atoms with E-state index in [9.17, 15) is 4.79 Å². The molecule has 2 bridgehead atoms. The summed E-state index contributed by atoms with van der Waals surface area (Å²) in [7, 11) is 0. The van der Waals surface area contributed by atoms with Crippen LogP contribution in [0.1, 0.15) is 41.3 Å². The van der Waals surface area contributed by atoms with Gasteiger partial charge in [-0.1, -0.05) is 0 Å². The van der Waals surface area contributed by atoms with Gasteiger partial charge in [0.1, 0.15) is 10.7 Å². The number of ether oxygens (including phenoxy) is 1. The van der Waals surface area contributed by atoms with Crippen molar-refractivity contribution in [1.82, 2.24) is 9.88 Å². The number of hydrogen-bond acceptors (Lipinski definition) is 5. The lowest BCUT2D eigenvalue weighted by molar-refractivity contribution is -0.0305. The Morgan fingerprint density at radius 1 is 1.56 bits per heavy atom. The van der Waals surface area contributed by atoms with Crippen LogP contribution in [-0.2, 0) is 4.74 Å². The number of carbonyl (C=O) groups excluding carboxylic acids is 1. The van der Waals surface area contributed by atoms with Crippen LogP contribution in [0, 0.1) is 0 Å². The van der Waals surface area contributed by atoms with Gasteiger partial charge in [0, 0.05) is 18.5 Å². The molecule has 6 heteroatoms. The second-order valence-corrected chi connectivity index (χ2v) is 5.92. The van der Waals surface area contributed by atoms with Gasteiger partial charge in [0.05, 0.1) is 18.2 Å². The Bertz CT molecular complexity index is 448. The Labute approximate surface area is 110 Å². The molecule has 0 radical (unpaired) electrons. The van der Waals surface area contributed by atoms with E-state index in [1.165, 1.54) is 11.3 Å². The molecule has 0 saturated carbocycles. The molecule has 1 amide bonds. The maximum atomic E-state index is 12.3. The summed E-state index contributed by atoms with van der Waals surface area (Å²) >= 11 is 1.45. The number of nitrogens with two attached hydrogens (primary N) is 1. The van der Waals surface area contributed by atoms with Crippen LogP contribution in [0.3, 0.4) is 0 Å². The monoisotopic (exact) mass is 267 g/mol.